The van der Waals surface area contributed by atoms with Crippen molar-refractivity contribution in [2.24, 2.45) is 0 Å². The molecule has 0 spiro atoms. The molecule has 0 aliphatic carbocycles. The number of piperidine rings is 1. The van der Waals surface area contributed by atoms with Crippen molar-refractivity contribution in [2.75, 3.05) is 25.5 Å². The minimum atomic E-state index is -0.0502. The Bertz CT molecular complexity index is 1700. The second-order valence-electron chi connectivity index (χ2n) is 10.8. The summed E-state index contributed by atoms with van der Waals surface area (Å²) in [6.45, 7) is 6.90. The van der Waals surface area contributed by atoms with E-state index >= 15 is 0 Å². The second-order valence-corrected chi connectivity index (χ2v) is 10.8. The summed E-state index contributed by atoms with van der Waals surface area (Å²) in [6, 6.07) is 27.1. The number of rotatable bonds is 6. The molecule has 0 amide bonds. The molecule has 6 rings (SSSR count). The first-order valence-corrected chi connectivity index (χ1v) is 14.1. The van der Waals surface area contributed by atoms with Crippen LogP contribution in [0.25, 0.3) is 33.3 Å². The highest BCUT2D eigenvalue weighted by Crippen LogP contribution is 2.30. The molecule has 1 N–H and O–H groups in total. The molecule has 0 saturated carbocycles. The van der Waals surface area contributed by atoms with Crippen molar-refractivity contribution >= 4 is 22.7 Å². The van der Waals surface area contributed by atoms with E-state index in [9.17, 15) is 4.79 Å². The lowest BCUT2D eigenvalue weighted by molar-refractivity contribution is 0.255. The molecule has 0 unspecified atom stereocenters. The number of aryl methyl sites for hydroxylation is 2. The van der Waals surface area contributed by atoms with Crippen LogP contribution in [-0.4, -0.2) is 39.6 Å². The summed E-state index contributed by atoms with van der Waals surface area (Å²) >= 11 is 0. The van der Waals surface area contributed by atoms with Crippen molar-refractivity contribution in [3.63, 3.8) is 0 Å². The third-order valence-electron chi connectivity index (χ3n) is 8.15. The molecule has 1 saturated heterocycles. The monoisotopic (exact) mass is 529 g/mol. The standard InChI is InChI=1S/C34H35N5O/c1-4-39-32-28(21-31(33(39)40)27-11-9-26(10-12-27)30-8-6-5-7-23(30)2)22-35-34(37-32)36-29-15-13-24(14-16-29)25-17-19-38(3)20-18-25/h5-16,21-22,25H,4,17-20H2,1-3H3,(H,35,36,37). The van der Waals surface area contributed by atoms with Gasteiger partial charge in [0.15, 0.2) is 0 Å². The summed E-state index contributed by atoms with van der Waals surface area (Å²) in [5.41, 5.74) is 8.00. The molecule has 0 radical (unpaired) electrons. The Morgan fingerprint density at radius 1 is 0.900 bits per heavy atom. The van der Waals surface area contributed by atoms with Crippen LogP contribution in [-0.2, 0) is 6.54 Å². The summed E-state index contributed by atoms with van der Waals surface area (Å²) in [5.74, 6) is 1.10. The zero-order valence-corrected chi connectivity index (χ0v) is 23.4. The Hall–Kier alpha value is -4.29. The van der Waals surface area contributed by atoms with E-state index in [4.69, 9.17) is 4.98 Å². The number of fused-ring (bicyclic) bond motifs is 1. The number of anilines is 2. The van der Waals surface area contributed by atoms with Gasteiger partial charge in [0, 0.05) is 29.4 Å². The van der Waals surface area contributed by atoms with Crippen LogP contribution in [0.3, 0.4) is 0 Å². The molecule has 0 bridgehead atoms. The number of hydrogen-bond acceptors (Lipinski definition) is 5. The zero-order chi connectivity index (χ0) is 27.6. The van der Waals surface area contributed by atoms with Crippen LogP contribution >= 0.6 is 0 Å². The molecular formula is C34H35N5O. The van der Waals surface area contributed by atoms with Crippen molar-refractivity contribution in [1.29, 1.82) is 0 Å². The van der Waals surface area contributed by atoms with E-state index in [1.165, 1.54) is 29.5 Å². The number of nitrogens with one attached hydrogen (secondary N) is 1. The van der Waals surface area contributed by atoms with Crippen LogP contribution in [0.5, 0.6) is 0 Å². The number of likely N-dealkylation sites (tertiary alicyclic amines) is 1. The van der Waals surface area contributed by atoms with Crippen LogP contribution in [0.1, 0.15) is 36.8 Å². The first-order chi connectivity index (χ1) is 19.5. The Morgan fingerprint density at radius 2 is 1.57 bits per heavy atom. The summed E-state index contributed by atoms with van der Waals surface area (Å²) in [4.78, 5) is 25.3. The summed E-state index contributed by atoms with van der Waals surface area (Å²) in [6.07, 6.45) is 4.20. The van der Waals surface area contributed by atoms with Gasteiger partial charge in [0.2, 0.25) is 5.95 Å². The van der Waals surface area contributed by atoms with Gasteiger partial charge in [-0.05, 0) is 98.8 Å². The molecule has 5 aromatic rings. The maximum absolute atomic E-state index is 13.6. The predicted molar refractivity (Wildman–Crippen MR) is 164 cm³/mol. The van der Waals surface area contributed by atoms with Gasteiger partial charge < -0.3 is 10.2 Å². The lowest BCUT2D eigenvalue weighted by Crippen LogP contribution is -2.29. The fourth-order valence-corrected chi connectivity index (χ4v) is 5.76. The lowest BCUT2D eigenvalue weighted by atomic mass is 9.89. The van der Waals surface area contributed by atoms with Gasteiger partial charge in [-0.3, -0.25) is 9.36 Å². The molecule has 1 aliphatic heterocycles. The number of aromatic nitrogens is 3. The third-order valence-corrected chi connectivity index (χ3v) is 8.15. The third kappa shape index (κ3) is 5.15. The quantitative estimate of drug-likeness (QED) is 0.256. The van der Waals surface area contributed by atoms with Crippen LogP contribution in [0, 0.1) is 6.92 Å². The van der Waals surface area contributed by atoms with Gasteiger partial charge in [0.25, 0.3) is 5.56 Å². The fourth-order valence-electron chi connectivity index (χ4n) is 5.76. The largest absolute Gasteiger partial charge is 0.324 e. The van der Waals surface area contributed by atoms with Crippen LogP contribution in [0.4, 0.5) is 11.6 Å². The maximum atomic E-state index is 13.6. The van der Waals surface area contributed by atoms with E-state index in [0.717, 1.165) is 35.3 Å². The Balaban J connectivity index is 1.26. The number of nitrogens with zero attached hydrogens (tertiary/aromatic N) is 4. The molecule has 2 aromatic heterocycles. The molecule has 6 heteroatoms. The van der Waals surface area contributed by atoms with E-state index in [2.05, 4.69) is 77.7 Å². The SMILES string of the molecule is CCn1c(=O)c(-c2ccc(-c3ccccc3C)cc2)cc2cnc(Nc3ccc(C4CCN(C)CC4)cc3)nc21. The molecule has 40 heavy (non-hydrogen) atoms. The van der Waals surface area contributed by atoms with E-state index in [1.807, 2.05) is 37.3 Å². The van der Waals surface area contributed by atoms with E-state index in [1.54, 1.807) is 10.8 Å². The first-order valence-electron chi connectivity index (χ1n) is 14.1. The molecule has 1 fully saturated rings. The number of pyridine rings is 1. The second kappa shape index (κ2) is 11.1. The minimum Gasteiger partial charge on any atom is -0.324 e. The highest BCUT2D eigenvalue weighted by molar-refractivity contribution is 5.82. The summed E-state index contributed by atoms with van der Waals surface area (Å²) in [7, 11) is 2.19. The highest BCUT2D eigenvalue weighted by Gasteiger charge is 2.18. The molecule has 0 atom stereocenters. The lowest BCUT2D eigenvalue weighted by Gasteiger charge is -2.29. The fraction of sp³-hybridized carbons (Fsp3) is 0.265. The molecule has 3 heterocycles. The van der Waals surface area contributed by atoms with Crippen molar-refractivity contribution in [3.8, 4) is 22.3 Å². The van der Waals surface area contributed by atoms with Crippen molar-refractivity contribution in [2.45, 2.75) is 39.2 Å². The predicted octanol–water partition coefficient (Wildman–Crippen LogP) is 7.01. The average Bonchev–Trinajstić information content (AvgIpc) is 2.98. The van der Waals surface area contributed by atoms with Crippen LogP contribution < -0.4 is 10.9 Å². The van der Waals surface area contributed by atoms with Crippen molar-refractivity contribution in [3.05, 3.63) is 107 Å². The van der Waals surface area contributed by atoms with Gasteiger partial charge in [-0.2, -0.15) is 4.98 Å². The topological polar surface area (TPSA) is 63.1 Å². The van der Waals surface area contributed by atoms with Gasteiger partial charge in [0.1, 0.15) is 5.65 Å². The summed E-state index contributed by atoms with van der Waals surface area (Å²) in [5, 5.41) is 4.17. The van der Waals surface area contributed by atoms with Crippen molar-refractivity contribution in [1.82, 2.24) is 19.4 Å². The number of hydrogen-bond donors (Lipinski definition) is 1. The van der Waals surface area contributed by atoms with Gasteiger partial charge in [-0.25, -0.2) is 4.98 Å². The van der Waals surface area contributed by atoms with Gasteiger partial charge in [-0.15, -0.1) is 0 Å². The van der Waals surface area contributed by atoms with Gasteiger partial charge in [-0.1, -0.05) is 60.7 Å². The van der Waals surface area contributed by atoms with Gasteiger partial charge in [0.05, 0.1) is 0 Å². The smallest absolute Gasteiger partial charge is 0.260 e. The Kier molecular flexibility index (Phi) is 7.18. The first kappa shape index (κ1) is 26.0. The van der Waals surface area contributed by atoms with Crippen molar-refractivity contribution < 1.29 is 0 Å². The van der Waals surface area contributed by atoms with Gasteiger partial charge >= 0.3 is 0 Å². The van der Waals surface area contributed by atoms with E-state index in [-0.39, 0.29) is 5.56 Å². The molecular weight excluding hydrogens is 494 g/mol. The highest BCUT2D eigenvalue weighted by atomic mass is 16.1. The maximum Gasteiger partial charge on any atom is 0.260 e. The number of benzene rings is 3. The van der Waals surface area contributed by atoms with Crippen LogP contribution in [0.2, 0.25) is 0 Å². The molecule has 202 valence electrons. The Labute approximate surface area is 235 Å². The Morgan fingerprint density at radius 3 is 2.25 bits per heavy atom. The normalized spacial score (nSPS) is 14.5. The van der Waals surface area contributed by atoms with E-state index < -0.39 is 0 Å². The van der Waals surface area contributed by atoms with Crippen LogP contribution in [0.15, 0.2) is 89.9 Å². The molecule has 1 aliphatic rings. The molecule has 6 nitrogen and oxygen atoms in total. The minimum absolute atomic E-state index is 0.0502. The zero-order valence-electron chi connectivity index (χ0n) is 23.4. The molecule has 3 aromatic carbocycles. The van der Waals surface area contributed by atoms with E-state index in [0.29, 0.717) is 29.6 Å². The average molecular weight is 530 g/mol. The summed E-state index contributed by atoms with van der Waals surface area (Å²) < 4.78 is 1.73.